The number of carbonyl (C=O) groups is 1. The van der Waals surface area contributed by atoms with Gasteiger partial charge in [0.2, 0.25) is 0 Å². The number of rotatable bonds is 6. The molecule has 0 spiro atoms. The second-order valence-electron chi connectivity index (χ2n) is 7.85. The fraction of sp³-hybridized carbons (Fsp3) is 0.320. The average Bonchev–Trinajstić information content (AvgIpc) is 3.13. The van der Waals surface area contributed by atoms with E-state index in [0.29, 0.717) is 18.7 Å². The van der Waals surface area contributed by atoms with Crippen molar-refractivity contribution in [3.63, 3.8) is 0 Å². The summed E-state index contributed by atoms with van der Waals surface area (Å²) in [4.78, 5) is 12.3. The molecule has 1 heterocycles. The van der Waals surface area contributed by atoms with Crippen LogP contribution >= 0.6 is 0 Å². The summed E-state index contributed by atoms with van der Waals surface area (Å²) in [5.74, 6) is 0.653. The number of methoxy groups -OCH3 is 1. The molecule has 0 bridgehead atoms. The zero-order valence-corrected chi connectivity index (χ0v) is 17.2. The topological polar surface area (TPSA) is 43.3 Å². The Morgan fingerprint density at radius 1 is 1.14 bits per heavy atom. The van der Waals surface area contributed by atoms with Gasteiger partial charge in [0.05, 0.1) is 12.3 Å². The summed E-state index contributed by atoms with van der Waals surface area (Å²) in [7, 11) is 1.63. The molecule has 0 radical (unpaired) electrons. The quantitative estimate of drug-likeness (QED) is 0.625. The Bertz CT molecular complexity index is 974. The lowest BCUT2D eigenvalue weighted by Gasteiger charge is -2.21. The van der Waals surface area contributed by atoms with Crippen molar-refractivity contribution in [1.82, 2.24) is 9.88 Å². The molecule has 4 rings (SSSR count). The zero-order chi connectivity index (χ0) is 20.2. The number of ether oxygens (including phenoxy) is 1. The molecule has 0 saturated heterocycles. The molecule has 1 aromatic heterocycles. The monoisotopic (exact) mass is 388 g/mol. The molecule has 0 aliphatic heterocycles. The van der Waals surface area contributed by atoms with Crippen LogP contribution in [0.5, 0.6) is 0 Å². The van der Waals surface area contributed by atoms with Crippen LogP contribution in [0.1, 0.15) is 35.0 Å². The standard InChI is InChI=1S/C25H28N2O2/c1-18-8-13-23-21(16-18)17-24(19-6-4-3-5-7-19)27(23)22-11-9-20(10-12-22)25(28)26-14-15-29-2/h3-7,9-12,17-18H,8,13-16H2,1-2H3,(H,26,28). The van der Waals surface area contributed by atoms with Gasteiger partial charge >= 0.3 is 0 Å². The lowest BCUT2D eigenvalue weighted by atomic mass is 9.89. The molecule has 1 aliphatic carbocycles. The van der Waals surface area contributed by atoms with Crippen molar-refractivity contribution in [3.05, 3.63) is 77.5 Å². The first-order chi connectivity index (χ1) is 14.2. The van der Waals surface area contributed by atoms with Crippen molar-refractivity contribution >= 4 is 5.91 Å². The highest BCUT2D eigenvalue weighted by molar-refractivity contribution is 5.94. The van der Waals surface area contributed by atoms with Crippen LogP contribution in [-0.4, -0.2) is 30.7 Å². The van der Waals surface area contributed by atoms with Crippen molar-refractivity contribution in [1.29, 1.82) is 0 Å². The fourth-order valence-corrected chi connectivity index (χ4v) is 4.16. The first-order valence-corrected chi connectivity index (χ1v) is 10.3. The predicted octanol–water partition coefficient (Wildman–Crippen LogP) is 4.65. The molecule has 2 aromatic carbocycles. The Morgan fingerprint density at radius 2 is 1.90 bits per heavy atom. The van der Waals surface area contributed by atoms with Gasteiger partial charge in [0.15, 0.2) is 0 Å². The van der Waals surface area contributed by atoms with E-state index in [1.807, 2.05) is 12.1 Å². The van der Waals surface area contributed by atoms with Gasteiger partial charge in [-0.05, 0) is 66.6 Å². The van der Waals surface area contributed by atoms with Crippen molar-refractivity contribution in [2.24, 2.45) is 5.92 Å². The number of fused-ring (bicyclic) bond motifs is 1. The van der Waals surface area contributed by atoms with Crippen LogP contribution in [0.2, 0.25) is 0 Å². The van der Waals surface area contributed by atoms with Crippen LogP contribution in [0.4, 0.5) is 0 Å². The van der Waals surface area contributed by atoms with E-state index in [4.69, 9.17) is 4.74 Å². The highest BCUT2D eigenvalue weighted by atomic mass is 16.5. The smallest absolute Gasteiger partial charge is 0.251 e. The SMILES string of the molecule is COCCNC(=O)c1ccc(-n2c(-c3ccccc3)cc3c2CCC(C)C3)cc1. The summed E-state index contributed by atoms with van der Waals surface area (Å²) < 4.78 is 7.37. The predicted molar refractivity (Wildman–Crippen MR) is 117 cm³/mol. The largest absolute Gasteiger partial charge is 0.383 e. The van der Waals surface area contributed by atoms with Crippen molar-refractivity contribution in [2.75, 3.05) is 20.3 Å². The lowest BCUT2D eigenvalue weighted by molar-refractivity contribution is 0.0937. The second kappa shape index (κ2) is 8.66. The Kier molecular flexibility index (Phi) is 5.81. The molecule has 0 fully saturated rings. The number of hydrogen-bond donors (Lipinski definition) is 1. The minimum absolute atomic E-state index is 0.0692. The molecule has 1 N–H and O–H groups in total. The third-order valence-electron chi connectivity index (χ3n) is 5.68. The lowest BCUT2D eigenvalue weighted by Crippen LogP contribution is -2.26. The number of nitrogens with one attached hydrogen (secondary N) is 1. The summed E-state index contributed by atoms with van der Waals surface area (Å²) >= 11 is 0. The number of hydrogen-bond acceptors (Lipinski definition) is 2. The van der Waals surface area contributed by atoms with Crippen LogP contribution in [0.25, 0.3) is 16.9 Å². The van der Waals surface area contributed by atoms with E-state index in [0.717, 1.165) is 24.4 Å². The van der Waals surface area contributed by atoms with E-state index < -0.39 is 0 Å². The molecule has 1 atom stereocenters. The van der Waals surface area contributed by atoms with Crippen LogP contribution in [0.15, 0.2) is 60.7 Å². The van der Waals surface area contributed by atoms with Gasteiger partial charge in [0, 0.05) is 30.6 Å². The third kappa shape index (κ3) is 4.13. The number of carbonyl (C=O) groups excluding carboxylic acids is 1. The van der Waals surface area contributed by atoms with Gasteiger partial charge in [0.25, 0.3) is 5.91 Å². The van der Waals surface area contributed by atoms with Crippen molar-refractivity contribution in [3.8, 4) is 16.9 Å². The molecule has 1 aliphatic rings. The zero-order valence-electron chi connectivity index (χ0n) is 17.2. The van der Waals surface area contributed by atoms with E-state index >= 15 is 0 Å². The van der Waals surface area contributed by atoms with Gasteiger partial charge in [0.1, 0.15) is 0 Å². The summed E-state index contributed by atoms with van der Waals surface area (Å²) in [6.45, 7) is 3.36. The van der Waals surface area contributed by atoms with Gasteiger partial charge in [-0.1, -0.05) is 37.3 Å². The molecule has 3 aromatic rings. The molecule has 0 saturated carbocycles. The number of amides is 1. The normalized spacial score (nSPS) is 15.7. The molecular formula is C25H28N2O2. The van der Waals surface area contributed by atoms with Crippen LogP contribution in [0.3, 0.4) is 0 Å². The highest BCUT2D eigenvalue weighted by Crippen LogP contribution is 2.35. The van der Waals surface area contributed by atoms with E-state index in [1.165, 1.54) is 28.9 Å². The number of aromatic nitrogens is 1. The van der Waals surface area contributed by atoms with Gasteiger partial charge in [-0.25, -0.2) is 0 Å². The Hall–Kier alpha value is -2.85. The molecule has 150 valence electrons. The summed E-state index contributed by atoms with van der Waals surface area (Å²) in [6, 6.07) is 20.8. The maximum Gasteiger partial charge on any atom is 0.251 e. The van der Waals surface area contributed by atoms with Gasteiger partial charge in [-0.15, -0.1) is 0 Å². The second-order valence-corrected chi connectivity index (χ2v) is 7.85. The molecule has 4 nitrogen and oxygen atoms in total. The molecule has 1 amide bonds. The van der Waals surface area contributed by atoms with Gasteiger partial charge < -0.3 is 14.6 Å². The fourth-order valence-electron chi connectivity index (χ4n) is 4.16. The molecule has 1 unspecified atom stereocenters. The number of nitrogens with zero attached hydrogens (tertiary/aromatic N) is 1. The van der Waals surface area contributed by atoms with Gasteiger partial charge in [-0.3, -0.25) is 4.79 Å². The maximum atomic E-state index is 12.3. The van der Waals surface area contributed by atoms with Crippen molar-refractivity contribution < 1.29 is 9.53 Å². The summed E-state index contributed by atoms with van der Waals surface area (Å²) in [5.41, 5.74) is 7.06. The summed E-state index contributed by atoms with van der Waals surface area (Å²) in [5, 5.41) is 2.88. The average molecular weight is 389 g/mol. The first kappa shape index (κ1) is 19.5. The van der Waals surface area contributed by atoms with Crippen LogP contribution in [0, 0.1) is 5.92 Å². The Morgan fingerprint density at radius 3 is 2.62 bits per heavy atom. The van der Waals surface area contributed by atoms with Crippen LogP contribution < -0.4 is 5.32 Å². The van der Waals surface area contributed by atoms with E-state index in [-0.39, 0.29) is 5.91 Å². The Labute approximate surface area is 172 Å². The summed E-state index contributed by atoms with van der Waals surface area (Å²) in [6.07, 6.45) is 3.43. The van der Waals surface area contributed by atoms with Crippen LogP contribution in [-0.2, 0) is 17.6 Å². The molecule has 4 heteroatoms. The highest BCUT2D eigenvalue weighted by Gasteiger charge is 2.23. The number of benzene rings is 2. The van der Waals surface area contributed by atoms with E-state index in [9.17, 15) is 4.79 Å². The maximum absolute atomic E-state index is 12.3. The van der Waals surface area contributed by atoms with Crippen molar-refractivity contribution in [2.45, 2.75) is 26.2 Å². The first-order valence-electron chi connectivity index (χ1n) is 10.3. The molecular weight excluding hydrogens is 360 g/mol. The van der Waals surface area contributed by atoms with E-state index in [2.05, 4.69) is 65.3 Å². The Balaban J connectivity index is 1.70. The van der Waals surface area contributed by atoms with E-state index in [1.54, 1.807) is 7.11 Å². The van der Waals surface area contributed by atoms with Gasteiger partial charge in [-0.2, -0.15) is 0 Å². The third-order valence-corrected chi connectivity index (χ3v) is 5.68. The minimum Gasteiger partial charge on any atom is -0.383 e. The minimum atomic E-state index is -0.0692. The molecule has 29 heavy (non-hydrogen) atoms.